The minimum atomic E-state index is -5.08. The highest BCUT2D eigenvalue weighted by atomic mass is 19.4. The molecule has 2 rings (SSSR count). The average molecular weight is 484 g/mol. The molecule has 0 radical (unpaired) electrons. The lowest BCUT2D eigenvalue weighted by atomic mass is 9.91. The van der Waals surface area contributed by atoms with Gasteiger partial charge in [-0.3, -0.25) is 14.6 Å². The van der Waals surface area contributed by atoms with Crippen molar-refractivity contribution in [3.05, 3.63) is 53.5 Å². The van der Waals surface area contributed by atoms with Crippen LogP contribution in [0.25, 0.3) is 0 Å². The molecule has 0 aliphatic heterocycles. The van der Waals surface area contributed by atoms with E-state index < -0.39 is 29.7 Å². The summed E-state index contributed by atoms with van der Waals surface area (Å²) in [6, 6.07) is 5.54. The Morgan fingerprint density at radius 2 is 1.94 bits per heavy atom. The van der Waals surface area contributed by atoms with Gasteiger partial charge in [-0.2, -0.15) is 13.2 Å². The quantitative estimate of drug-likeness (QED) is 0.285. The predicted octanol–water partition coefficient (Wildman–Crippen LogP) is 3.52. The van der Waals surface area contributed by atoms with Gasteiger partial charge in [0.1, 0.15) is 5.82 Å². The molecule has 12 heteroatoms. The summed E-state index contributed by atoms with van der Waals surface area (Å²) in [5, 5.41) is 2.46. The minimum Gasteiger partial charge on any atom is -0.385 e. The van der Waals surface area contributed by atoms with Gasteiger partial charge in [-0.05, 0) is 43.2 Å². The molecule has 2 atom stereocenters. The number of pyridine rings is 2. The number of carbonyl (C=O) groups is 2. The molecule has 0 saturated heterocycles. The lowest BCUT2D eigenvalue weighted by Crippen LogP contribution is -2.57. The third-order valence-electron chi connectivity index (χ3n) is 4.77. The van der Waals surface area contributed by atoms with E-state index in [0.29, 0.717) is 5.69 Å². The van der Waals surface area contributed by atoms with E-state index in [1.807, 2.05) is 5.48 Å². The van der Waals surface area contributed by atoms with Crippen LogP contribution in [0.5, 0.6) is 0 Å². The van der Waals surface area contributed by atoms with Crippen LogP contribution in [-0.4, -0.2) is 54.1 Å². The van der Waals surface area contributed by atoms with Crippen molar-refractivity contribution < 1.29 is 37.1 Å². The summed E-state index contributed by atoms with van der Waals surface area (Å²) in [6.07, 6.45) is -2.33. The number of rotatable bonds is 11. The molecular formula is C22H27F3N4O5. The Bertz CT molecular complexity index is 975. The fraction of sp³-hybridized carbons (Fsp3) is 0.455. The highest BCUT2D eigenvalue weighted by molar-refractivity contribution is 5.93. The van der Waals surface area contributed by atoms with Gasteiger partial charge in [0.25, 0.3) is 11.7 Å². The van der Waals surface area contributed by atoms with Gasteiger partial charge in [0.05, 0.1) is 12.2 Å². The second kappa shape index (κ2) is 11.9. The Balaban J connectivity index is 2.45. The first-order valence-corrected chi connectivity index (χ1v) is 10.3. The van der Waals surface area contributed by atoms with Gasteiger partial charge >= 0.3 is 6.18 Å². The molecule has 9 nitrogen and oxygen atoms in total. The summed E-state index contributed by atoms with van der Waals surface area (Å²) < 4.78 is 53.8. The molecule has 2 amide bonds. The van der Waals surface area contributed by atoms with Crippen molar-refractivity contribution in [2.45, 2.75) is 45.1 Å². The number of halogens is 3. The molecule has 2 unspecified atom stereocenters. The molecule has 0 aliphatic carbocycles. The van der Waals surface area contributed by atoms with E-state index >= 15 is 0 Å². The maximum absolute atomic E-state index is 14.6. The number of nitrogens with zero attached hydrogens (tertiary/aromatic N) is 2. The van der Waals surface area contributed by atoms with E-state index in [1.54, 1.807) is 6.92 Å². The smallest absolute Gasteiger partial charge is 0.385 e. The van der Waals surface area contributed by atoms with Crippen molar-refractivity contribution in [1.82, 2.24) is 15.4 Å². The Kier molecular flexibility index (Phi) is 9.47. The first-order chi connectivity index (χ1) is 16.0. The van der Waals surface area contributed by atoms with Crippen molar-refractivity contribution in [3.63, 3.8) is 0 Å². The number of hydrogen-bond acceptors (Lipinski definition) is 7. The van der Waals surface area contributed by atoms with Crippen LogP contribution in [0, 0.1) is 6.92 Å². The third kappa shape index (κ3) is 6.95. The maximum atomic E-state index is 14.6. The Morgan fingerprint density at radius 3 is 2.53 bits per heavy atom. The Hall–Kier alpha value is -3.09. The number of amides is 2. The van der Waals surface area contributed by atoms with Crippen molar-refractivity contribution in [2.75, 3.05) is 25.6 Å². The lowest BCUT2D eigenvalue weighted by Gasteiger charge is -2.39. The van der Waals surface area contributed by atoms with E-state index in [1.165, 1.54) is 57.6 Å². The molecule has 2 aromatic rings. The number of aromatic nitrogens is 2. The van der Waals surface area contributed by atoms with Crippen LogP contribution in [0.15, 0.2) is 36.7 Å². The van der Waals surface area contributed by atoms with Crippen molar-refractivity contribution >= 4 is 17.6 Å². The van der Waals surface area contributed by atoms with Crippen LogP contribution in [-0.2, 0) is 19.1 Å². The number of alkyl halides is 3. The Labute approximate surface area is 195 Å². The molecule has 0 aromatic carbocycles. The molecule has 0 aliphatic rings. The third-order valence-corrected chi connectivity index (χ3v) is 4.77. The second-order valence-corrected chi connectivity index (χ2v) is 7.46. The average Bonchev–Trinajstić information content (AvgIpc) is 2.77. The first kappa shape index (κ1) is 27.2. The van der Waals surface area contributed by atoms with Crippen LogP contribution < -0.4 is 10.8 Å². The number of nitrogens with one attached hydrogen (secondary N) is 2. The number of anilines is 1. The van der Waals surface area contributed by atoms with Crippen LogP contribution in [0.1, 0.15) is 47.8 Å². The van der Waals surface area contributed by atoms with Gasteiger partial charge < -0.3 is 14.8 Å². The van der Waals surface area contributed by atoms with Crippen LogP contribution in [0.4, 0.5) is 19.0 Å². The number of hydroxylamine groups is 1. The second-order valence-electron chi connectivity index (χ2n) is 7.46. The fourth-order valence-corrected chi connectivity index (χ4v) is 3.14. The van der Waals surface area contributed by atoms with Gasteiger partial charge in [-0.25, -0.2) is 15.3 Å². The van der Waals surface area contributed by atoms with Gasteiger partial charge in [0.2, 0.25) is 5.91 Å². The van der Waals surface area contributed by atoms with E-state index in [2.05, 4.69) is 15.3 Å². The summed E-state index contributed by atoms with van der Waals surface area (Å²) in [5.41, 5.74) is 2.34. The fourth-order valence-electron chi connectivity index (χ4n) is 3.14. The molecule has 2 N–H and O–H groups in total. The Morgan fingerprint density at radius 1 is 1.21 bits per heavy atom. The highest BCUT2D eigenvalue weighted by Gasteiger charge is 2.63. The molecule has 2 aromatic heterocycles. The zero-order chi connectivity index (χ0) is 25.4. The summed E-state index contributed by atoms with van der Waals surface area (Å²) in [4.78, 5) is 36.8. The summed E-state index contributed by atoms with van der Waals surface area (Å²) in [7, 11) is 1.41. The van der Waals surface area contributed by atoms with Crippen molar-refractivity contribution in [3.8, 4) is 0 Å². The van der Waals surface area contributed by atoms with Gasteiger partial charge in [0.15, 0.2) is 0 Å². The van der Waals surface area contributed by atoms with Gasteiger partial charge in [-0.1, -0.05) is 6.92 Å². The molecule has 0 spiro atoms. The zero-order valence-electron chi connectivity index (χ0n) is 19.2. The molecule has 34 heavy (non-hydrogen) atoms. The molecule has 0 bridgehead atoms. The van der Waals surface area contributed by atoms with Crippen LogP contribution in [0.2, 0.25) is 0 Å². The van der Waals surface area contributed by atoms with Crippen molar-refractivity contribution in [2.24, 2.45) is 0 Å². The van der Waals surface area contributed by atoms with Crippen LogP contribution >= 0.6 is 0 Å². The maximum Gasteiger partial charge on any atom is 0.446 e. The number of methoxy groups -OCH3 is 1. The zero-order valence-corrected chi connectivity index (χ0v) is 19.2. The summed E-state index contributed by atoms with van der Waals surface area (Å²) in [5.74, 6) is -6.05. The topological polar surface area (TPSA) is 112 Å². The number of carbonyl (C=O) groups excluding carboxylic acids is 2. The van der Waals surface area contributed by atoms with Gasteiger partial charge in [-0.15, -0.1) is 0 Å². The van der Waals surface area contributed by atoms with Gasteiger partial charge in [0, 0.05) is 44.6 Å². The first-order valence-electron chi connectivity index (χ1n) is 10.3. The molecule has 0 fully saturated rings. The SMILES string of the molecule is COCCCOC(ONC(=O)c1cccnc1)(C(C)c1cc(C)nc(NC(C)=O)c1)C(F)(F)F. The number of hydrogen-bond donors (Lipinski definition) is 2. The molecular weight excluding hydrogens is 457 g/mol. The molecule has 0 saturated carbocycles. The van der Waals surface area contributed by atoms with E-state index in [-0.39, 0.29) is 36.6 Å². The minimum absolute atomic E-state index is 0.00156. The predicted molar refractivity (Wildman–Crippen MR) is 116 cm³/mol. The van der Waals surface area contributed by atoms with E-state index in [4.69, 9.17) is 14.3 Å². The van der Waals surface area contributed by atoms with E-state index in [9.17, 15) is 22.8 Å². The largest absolute Gasteiger partial charge is 0.446 e. The van der Waals surface area contributed by atoms with E-state index in [0.717, 1.165) is 0 Å². The molecule has 186 valence electrons. The lowest BCUT2D eigenvalue weighted by molar-refractivity contribution is -0.400. The monoisotopic (exact) mass is 484 g/mol. The summed E-state index contributed by atoms with van der Waals surface area (Å²) in [6.45, 7) is 3.85. The van der Waals surface area contributed by atoms with Crippen LogP contribution in [0.3, 0.4) is 0 Å². The highest BCUT2D eigenvalue weighted by Crippen LogP contribution is 2.45. The normalized spacial score (nSPS) is 14.2. The summed E-state index contributed by atoms with van der Waals surface area (Å²) >= 11 is 0. The number of aryl methyl sites for hydroxylation is 1. The number of ether oxygens (including phenoxy) is 2. The molecule has 2 heterocycles. The van der Waals surface area contributed by atoms with Crippen molar-refractivity contribution in [1.29, 1.82) is 0 Å². The standard InChI is InChI=1S/C22H27F3N4O5/c1-14-11-18(12-19(27-14)28-16(3)30)15(2)21(22(23,24)25,33-10-6-9-32-4)34-29-20(31)17-7-5-8-26-13-17/h5,7-8,11-13,15H,6,9-10H2,1-4H3,(H,29,31)(H,27,28,30).